The number of allylic oxidation sites excluding steroid dienone is 1. The number of rotatable bonds is 7. The van der Waals surface area contributed by atoms with Crippen molar-refractivity contribution >= 4 is 23.1 Å². The smallest absolute Gasteiger partial charge is 0.142 e. The summed E-state index contributed by atoms with van der Waals surface area (Å²) in [5.74, 6) is 2.12. The number of hydrogen-bond donors (Lipinski definition) is 2. The van der Waals surface area contributed by atoms with Crippen molar-refractivity contribution in [1.29, 1.82) is 0 Å². The molecule has 0 spiro atoms. The third-order valence-electron chi connectivity index (χ3n) is 4.67. The Morgan fingerprint density at radius 1 is 1.41 bits per heavy atom. The highest BCUT2D eigenvalue weighted by Gasteiger charge is 2.16. The van der Waals surface area contributed by atoms with Crippen LogP contribution in [0.1, 0.15) is 26.7 Å². The van der Waals surface area contributed by atoms with Crippen molar-refractivity contribution < 1.29 is 9.47 Å². The fraction of sp³-hybridized carbons (Fsp3) is 0.429. The molecule has 2 aromatic rings. The minimum absolute atomic E-state index is 0.216. The fourth-order valence-electron chi connectivity index (χ4n) is 3.23. The van der Waals surface area contributed by atoms with Crippen molar-refractivity contribution in [1.82, 2.24) is 15.1 Å². The Kier molecular flexibility index (Phi) is 7.17. The van der Waals surface area contributed by atoms with Crippen LogP contribution in [-0.2, 0) is 11.8 Å². The number of ether oxygens (including phenoxy) is 2. The van der Waals surface area contributed by atoms with Gasteiger partial charge in [0, 0.05) is 49.3 Å². The maximum Gasteiger partial charge on any atom is 0.142 e. The van der Waals surface area contributed by atoms with Crippen molar-refractivity contribution in [3.63, 3.8) is 0 Å². The topological polar surface area (TPSA) is 72.7 Å². The van der Waals surface area contributed by atoms with Crippen LogP contribution in [0, 0.1) is 0 Å². The highest BCUT2D eigenvalue weighted by molar-refractivity contribution is 6.29. The van der Waals surface area contributed by atoms with Crippen molar-refractivity contribution in [3.05, 3.63) is 41.4 Å². The minimum Gasteiger partial charge on any atom is -0.496 e. The lowest BCUT2D eigenvalue weighted by molar-refractivity contribution is 0.112. The van der Waals surface area contributed by atoms with Gasteiger partial charge in [0.25, 0.3) is 0 Å². The maximum absolute atomic E-state index is 6.23. The molecule has 1 aliphatic rings. The molecule has 2 heterocycles. The van der Waals surface area contributed by atoms with Crippen LogP contribution in [0.3, 0.4) is 0 Å². The van der Waals surface area contributed by atoms with E-state index in [-0.39, 0.29) is 6.10 Å². The normalized spacial score (nSPS) is 17.8. The van der Waals surface area contributed by atoms with Gasteiger partial charge in [0.05, 0.1) is 24.4 Å². The molecule has 1 fully saturated rings. The van der Waals surface area contributed by atoms with Gasteiger partial charge in [-0.05, 0) is 38.8 Å². The largest absolute Gasteiger partial charge is 0.496 e. The first kappa shape index (κ1) is 21.2. The second-order valence-electron chi connectivity index (χ2n) is 7.04. The monoisotopic (exact) mass is 417 g/mol. The molecule has 156 valence electrons. The third kappa shape index (κ3) is 5.74. The number of anilines is 1. The van der Waals surface area contributed by atoms with E-state index in [4.69, 9.17) is 21.1 Å². The maximum atomic E-state index is 6.23. The zero-order chi connectivity index (χ0) is 20.8. The van der Waals surface area contributed by atoms with Crippen LogP contribution in [0.4, 0.5) is 5.69 Å². The number of aromatic nitrogens is 2. The summed E-state index contributed by atoms with van der Waals surface area (Å²) in [4.78, 5) is 4.60. The van der Waals surface area contributed by atoms with E-state index < -0.39 is 0 Å². The lowest BCUT2D eigenvalue weighted by Gasteiger charge is -2.15. The predicted molar refractivity (Wildman–Crippen MR) is 117 cm³/mol. The van der Waals surface area contributed by atoms with Gasteiger partial charge in [0.15, 0.2) is 0 Å². The number of amidine groups is 1. The van der Waals surface area contributed by atoms with Gasteiger partial charge in [-0.3, -0.25) is 4.68 Å². The van der Waals surface area contributed by atoms with E-state index in [9.17, 15) is 0 Å². The number of aliphatic imine (C=N–C) groups is 1. The van der Waals surface area contributed by atoms with Crippen molar-refractivity contribution in [2.45, 2.75) is 32.8 Å². The Bertz CT molecular complexity index is 896. The molecule has 0 unspecified atom stereocenters. The highest BCUT2D eigenvalue weighted by atomic mass is 35.5. The molecular weight excluding hydrogens is 390 g/mol. The van der Waals surface area contributed by atoms with E-state index in [1.807, 2.05) is 51.5 Å². The van der Waals surface area contributed by atoms with Crippen molar-refractivity contribution in [2.24, 2.45) is 12.0 Å². The third-order valence-corrected chi connectivity index (χ3v) is 4.85. The predicted octanol–water partition coefficient (Wildman–Crippen LogP) is 4.12. The second-order valence-corrected chi connectivity index (χ2v) is 7.60. The van der Waals surface area contributed by atoms with E-state index >= 15 is 0 Å². The molecule has 0 aliphatic carbocycles. The van der Waals surface area contributed by atoms with Gasteiger partial charge < -0.3 is 20.1 Å². The molecule has 0 saturated carbocycles. The summed E-state index contributed by atoms with van der Waals surface area (Å²) in [5.41, 5.74) is 2.86. The molecule has 3 rings (SSSR count). The minimum atomic E-state index is 0.216. The van der Waals surface area contributed by atoms with E-state index in [0.29, 0.717) is 17.4 Å². The Balaban J connectivity index is 1.71. The van der Waals surface area contributed by atoms with Gasteiger partial charge in [0.2, 0.25) is 0 Å². The number of aryl methyl sites for hydroxylation is 1. The molecule has 0 radical (unpaired) electrons. The summed E-state index contributed by atoms with van der Waals surface area (Å²) in [7, 11) is 3.55. The Hall–Kier alpha value is -2.51. The zero-order valence-electron chi connectivity index (χ0n) is 17.3. The number of methoxy groups -OCH3 is 1. The highest BCUT2D eigenvalue weighted by Crippen LogP contribution is 2.32. The number of benzene rings is 1. The lowest BCUT2D eigenvalue weighted by atomic mass is 10.1. The van der Waals surface area contributed by atoms with E-state index in [1.165, 1.54) is 0 Å². The van der Waals surface area contributed by atoms with Gasteiger partial charge in [-0.15, -0.1) is 0 Å². The first-order chi connectivity index (χ1) is 14.0. The molecule has 7 nitrogen and oxygen atoms in total. The van der Waals surface area contributed by atoms with Crippen LogP contribution in [-0.4, -0.2) is 42.0 Å². The first-order valence-corrected chi connectivity index (χ1v) is 10.0. The van der Waals surface area contributed by atoms with Gasteiger partial charge >= 0.3 is 0 Å². The van der Waals surface area contributed by atoms with E-state index in [0.717, 1.165) is 47.8 Å². The summed E-state index contributed by atoms with van der Waals surface area (Å²) in [5, 5.41) is 11.4. The van der Waals surface area contributed by atoms with Crippen LogP contribution in [0.25, 0.3) is 11.1 Å². The average molecular weight is 418 g/mol. The van der Waals surface area contributed by atoms with Crippen molar-refractivity contribution in [3.8, 4) is 16.9 Å². The number of hydrogen-bond acceptors (Lipinski definition) is 5. The molecule has 1 saturated heterocycles. The molecule has 29 heavy (non-hydrogen) atoms. The van der Waals surface area contributed by atoms with Crippen LogP contribution >= 0.6 is 11.6 Å². The average Bonchev–Trinajstić information content (AvgIpc) is 3.36. The molecule has 1 aromatic carbocycles. The molecule has 8 heteroatoms. The van der Waals surface area contributed by atoms with Crippen LogP contribution in [0.5, 0.6) is 5.75 Å². The Morgan fingerprint density at radius 2 is 2.24 bits per heavy atom. The summed E-state index contributed by atoms with van der Waals surface area (Å²) in [6.07, 6.45) is 6.15. The quantitative estimate of drug-likeness (QED) is 0.523. The first-order valence-electron chi connectivity index (χ1n) is 9.67. The summed E-state index contributed by atoms with van der Waals surface area (Å²) in [6, 6.07) is 5.93. The second kappa shape index (κ2) is 9.80. The lowest BCUT2D eigenvalue weighted by Crippen LogP contribution is -2.26. The molecule has 2 N–H and O–H groups in total. The van der Waals surface area contributed by atoms with E-state index in [1.54, 1.807) is 11.8 Å². The van der Waals surface area contributed by atoms with Crippen LogP contribution < -0.4 is 15.4 Å². The van der Waals surface area contributed by atoms with Crippen LogP contribution in [0.2, 0.25) is 0 Å². The van der Waals surface area contributed by atoms with Gasteiger partial charge in [-0.25, -0.2) is 4.99 Å². The number of halogens is 1. The number of nitrogens with zero attached hydrogens (tertiary/aromatic N) is 3. The van der Waals surface area contributed by atoms with Gasteiger partial charge in [-0.1, -0.05) is 11.6 Å². The standard InChI is InChI=1S/C21H28ClN5O2/c1-14(22)21(23-12-18-6-5-9-29-18)26-15(2)25-17-7-8-19(20(10-17)28-4)16-11-24-27(3)13-16/h7-8,10-11,13,18,23H,5-6,9,12H2,1-4H3,(H,25,26)/b21-14+/t18-/m1/s1. The van der Waals surface area contributed by atoms with Crippen LogP contribution in [0.15, 0.2) is 46.4 Å². The fourth-order valence-corrected chi connectivity index (χ4v) is 3.34. The Labute approximate surface area is 176 Å². The van der Waals surface area contributed by atoms with E-state index in [2.05, 4.69) is 20.7 Å². The summed E-state index contributed by atoms with van der Waals surface area (Å²) < 4.78 is 13.0. The Morgan fingerprint density at radius 3 is 2.86 bits per heavy atom. The molecular formula is C21H28ClN5O2. The summed E-state index contributed by atoms with van der Waals surface area (Å²) >= 11 is 6.23. The van der Waals surface area contributed by atoms with Crippen molar-refractivity contribution in [2.75, 3.05) is 25.6 Å². The molecule has 0 bridgehead atoms. The molecule has 1 aliphatic heterocycles. The van der Waals surface area contributed by atoms with Gasteiger partial charge in [0.1, 0.15) is 17.4 Å². The summed E-state index contributed by atoms with van der Waals surface area (Å²) in [6.45, 7) is 5.24. The zero-order valence-corrected chi connectivity index (χ0v) is 18.1. The molecule has 1 atom stereocenters. The molecule has 0 amide bonds. The number of nitrogens with one attached hydrogen (secondary N) is 2. The molecule has 1 aromatic heterocycles. The SMILES string of the molecule is COc1cc(N/C(C)=N/C(NC[C@H]2CCCO2)=C(\C)Cl)ccc1-c1cnn(C)c1. The van der Waals surface area contributed by atoms with Gasteiger partial charge in [-0.2, -0.15) is 5.10 Å².